The van der Waals surface area contributed by atoms with Crippen molar-refractivity contribution in [3.05, 3.63) is 80.8 Å². The summed E-state index contributed by atoms with van der Waals surface area (Å²) in [6.07, 6.45) is 3.61. The van der Waals surface area contributed by atoms with Crippen LogP contribution in [0.5, 0.6) is 5.75 Å². The van der Waals surface area contributed by atoms with Crippen LogP contribution in [0.4, 0.5) is 11.4 Å². The number of thioether (sulfide) groups is 1. The van der Waals surface area contributed by atoms with Gasteiger partial charge in [-0.25, -0.2) is 0 Å². The van der Waals surface area contributed by atoms with E-state index in [0.717, 1.165) is 29.3 Å². The van der Waals surface area contributed by atoms with Gasteiger partial charge in [0.05, 0.1) is 15.5 Å². The Morgan fingerprint density at radius 2 is 2.00 bits per heavy atom. The summed E-state index contributed by atoms with van der Waals surface area (Å²) in [5, 5.41) is 23.1. The molecule has 0 radical (unpaired) electrons. The number of nitrogens with one attached hydrogen (secondary N) is 1. The fourth-order valence-corrected chi connectivity index (χ4v) is 4.28. The lowest BCUT2D eigenvalue weighted by Crippen LogP contribution is -2.31. The predicted octanol–water partition coefficient (Wildman–Crippen LogP) is 4.48. The molecule has 0 bridgehead atoms. The van der Waals surface area contributed by atoms with Crippen LogP contribution in [0.25, 0.3) is 6.08 Å². The van der Waals surface area contributed by atoms with Crippen molar-refractivity contribution in [2.75, 3.05) is 11.9 Å². The maximum atomic E-state index is 12.7. The van der Waals surface area contributed by atoms with Gasteiger partial charge in [-0.15, -0.1) is 0 Å². The van der Waals surface area contributed by atoms with Crippen LogP contribution >= 0.6 is 24.0 Å². The summed E-state index contributed by atoms with van der Waals surface area (Å²) in [6, 6.07) is 13.0. The van der Waals surface area contributed by atoms with Crippen LogP contribution in [0.3, 0.4) is 0 Å². The monoisotopic (exact) mass is 469 g/mol. The molecule has 1 aliphatic rings. The lowest BCUT2D eigenvalue weighted by molar-refractivity contribution is -0.384. The van der Waals surface area contributed by atoms with E-state index in [2.05, 4.69) is 5.32 Å². The zero-order valence-corrected chi connectivity index (χ0v) is 18.6. The number of hydrogen-bond acceptors (Lipinski definition) is 7. The smallest absolute Gasteiger partial charge is 0.271 e. The van der Waals surface area contributed by atoms with Gasteiger partial charge in [0.2, 0.25) is 5.91 Å². The van der Waals surface area contributed by atoms with E-state index >= 15 is 0 Å². The van der Waals surface area contributed by atoms with Gasteiger partial charge in [0.1, 0.15) is 10.1 Å². The average Bonchev–Trinajstić information content (AvgIpc) is 3.01. The summed E-state index contributed by atoms with van der Waals surface area (Å²) in [5.41, 5.74) is 1.56. The molecule has 0 saturated carbocycles. The number of nitro benzene ring substituents is 1. The number of nitro groups is 1. The molecular formula is C22H19N3O5S2. The average molecular weight is 470 g/mol. The third-order valence-electron chi connectivity index (χ3n) is 4.45. The summed E-state index contributed by atoms with van der Waals surface area (Å²) in [4.78, 5) is 37.1. The molecule has 10 heteroatoms. The number of amides is 2. The summed E-state index contributed by atoms with van der Waals surface area (Å²) in [7, 11) is 0. The van der Waals surface area contributed by atoms with Gasteiger partial charge in [0, 0.05) is 25.1 Å². The predicted molar refractivity (Wildman–Crippen MR) is 128 cm³/mol. The van der Waals surface area contributed by atoms with Crippen molar-refractivity contribution < 1.29 is 19.6 Å². The molecule has 0 aromatic heterocycles. The normalized spacial score (nSPS) is 15.3. The zero-order chi connectivity index (χ0) is 23.3. The maximum absolute atomic E-state index is 12.7. The second-order valence-electron chi connectivity index (χ2n) is 6.89. The van der Waals surface area contributed by atoms with Crippen molar-refractivity contribution in [2.45, 2.75) is 13.3 Å². The number of phenolic OH excluding ortho intramolecular Hbond substituents is 1. The number of non-ortho nitro benzene ring substituents is 1. The summed E-state index contributed by atoms with van der Waals surface area (Å²) >= 11 is 6.45. The first kappa shape index (κ1) is 23.2. The molecule has 0 unspecified atom stereocenters. The third-order valence-corrected chi connectivity index (χ3v) is 5.83. The molecule has 2 amide bonds. The van der Waals surface area contributed by atoms with Gasteiger partial charge in [-0.1, -0.05) is 60.4 Å². The summed E-state index contributed by atoms with van der Waals surface area (Å²) in [6.45, 7) is 1.93. The van der Waals surface area contributed by atoms with Crippen molar-refractivity contribution in [1.82, 2.24) is 4.90 Å². The molecule has 1 heterocycles. The number of phenols is 1. The first-order valence-corrected chi connectivity index (χ1v) is 10.7. The van der Waals surface area contributed by atoms with E-state index in [9.17, 15) is 24.8 Å². The van der Waals surface area contributed by atoms with Crippen molar-refractivity contribution in [3.63, 3.8) is 0 Å². The van der Waals surface area contributed by atoms with Crippen LogP contribution < -0.4 is 5.32 Å². The summed E-state index contributed by atoms with van der Waals surface area (Å²) < 4.78 is 0.347. The second kappa shape index (κ2) is 10.2. The Labute approximate surface area is 193 Å². The lowest BCUT2D eigenvalue weighted by Gasteiger charge is -2.14. The minimum atomic E-state index is -0.629. The fraction of sp³-hybridized carbons (Fsp3) is 0.136. The first-order chi connectivity index (χ1) is 15.2. The number of thiocarbonyl (C=S) groups is 1. The van der Waals surface area contributed by atoms with Crippen molar-refractivity contribution in [3.8, 4) is 5.75 Å². The number of hydrogen-bond donors (Lipinski definition) is 2. The molecule has 0 atom stereocenters. The fourth-order valence-electron chi connectivity index (χ4n) is 2.92. The molecule has 1 saturated heterocycles. The van der Waals surface area contributed by atoms with E-state index in [1.54, 1.807) is 6.08 Å². The molecule has 0 aliphatic carbocycles. The highest BCUT2D eigenvalue weighted by atomic mass is 32.2. The molecule has 164 valence electrons. The van der Waals surface area contributed by atoms with Gasteiger partial charge >= 0.3 is 0 Å². The second-order valence-corrected chi connectivity index (χ2v) is 8.56. The number of carbonyl (C=O) groups excluding carboxylic acids is 2. The summed E-state index contributed by atoms with van der Waals surface area (Å²) in [5.74, 6) is -1.09. The van der Waals surface area contributed by atoms with Crippen molar-refractivity contribution >= 4 is 57.6 Å². The Hall–Kier alpha value is -3.50. The molecule has 2 aromatic carbocycles. The lowest BCUT2D eigenvalue weighted by atomic mass is 10.1. The Kier molecular flexibility index (Phi) is 7.39. The number of benzene rings is 2. The molecular weight excluding hydrogens is 450 g/mol. The van der Waals surface area contributed by atoms with Crippen LogP contribution in [0.2, 0.25) is 0 Å². The molecule has 1 fully saturated rings. The van der Waals surface area contributed by atoms with Gasteiger partial charge < -0.3 is 10.4 Å². The number of rotatable bonds is 7. The number of nitrogens with zero attached hydrogens (tertiary/aromatic N) is 2. The van der Waals surface area contributed by atoms with Crippen LogP contribution in [0, 0.1) is 10.1 Å². The topological polar surface area (TPSA) is 113 Å². The first-order valence-electron chi connectivity index (χ1n) is 9.50. The highest BCUT2D eigenvalue weighted by Gasteiger charge is 2.32. The quantitative estimate of drug-likeness (QED) is 0.202. The van der Waals surface area contributed by atoms with Crippen LogP contribution in [-0.4, -0.2) is 37.6 Å². The van der Waals surface area contributed by atoms with Gasteiger partial charge in [-0.3, -0.25) is 24.6 Å². The molecule has 1 aliphatic heterocycles. The van der Waals surface area contributed by atoms with E-state index in [1.807, 2.05) is 43.3 Å². The maximum Gasteiger partial charge on any atom is 0.271 e. The van der Waals surface area contributed by atoms with Crippen LogP contribution in [0.15, 0.2) is 65.1 Å². The molecule has 8 nitrogen and oxygen atoms in total. The van der Waals surface area contributed by atoms with Gasteiger partial charge in [-0.2, -0.15) is 0 Å². The van der Waals surface area contributed by atoms with Gasteiger partial charge in [0.15, 0.2) is 0 Å². The Morgan fingerprint density at radius 1 is 1.28 bits per heavy atom. The highest BCUT2D eigenvalue weighted by molar-refractivity contribution is 8.26. The van der Waals surface area contributed by atoms with Gasteiger partial charge in [0.25, 0.3) is 11.6 Å². The standard InChI is InChI=1S/C22H19N3O5S2/c1-14(11-15-5-3-2-4-6-15)12-19-21(28)24(22(31)32-19)10-9-20(27)23-17-13-16(25(29)30)7-8-18(17)26/h2-8,11-13,26H,9-10H2,1H3,(H,23,27)/b14-11-,19-12+. The SMILES string of the molecule is CC(=C/c1ccccc1)/C=C1/SC(=S)N(CCC(=O)Nc2cc([N+](=O)[O-])ccc2O)C1=O. The van der Waals surface area contributed by atoms with Crippen LogP contribution in [0.1, 0.15) is 18.9 Å². The number of allylic oxidation sites excluding steroid dienone is 2. The van der Waals surface area contributed by atoms with Crippen molar-refractivity contribution in [2.24, 2.45) is 0 Å². The Bertz CT molecular complexity index is 1150. The third kappa shape index (κ3) is 5.80. The molecule has 0 spiro atoms. The van der Waals surface area contributed by atoms with E-state index < -0.39 is 10.8 Å². The largest absolute Gasteiger partial charge is 0.506 e. The van der Waals surface area contributed by atoms with Crippen molar-refractivity contribution in [1.29, 1.82) is 0 Å². The zero-order valence-electron chi connectivity index (χ0n) is 17.0. The minimum absolute atomic E-state index is 0.0466. The molecule has 2 aromatic rings. The Balaban J connectivity index is 1.62. The van der Waals surface area contributed by atoms with Crippen LogP contribution in [-0.2, 0) is 9.59 Å². The highest BCUT2D eigenvalue weighted by Crippen LogP contribution is 2.32. The molecule has 2 N–H and O–H groups in total. The minimum Gasteiger partial charge on any atom is -0.506 e. The van der Waals surface area contributed by atoms with E-state index in [0.29, 0.717) is 9.23 Å². The molecule has 32 heavy (non-hydrogen) atoms. The van der Waals surface area contributed by atoms with Gasteiger partial charge in [-0.05, 0) is 30.2 Å². The number of carbonyl (C=O) groups is 2. The number of aromatic hydroxyl groups is 1. The van der Waals surface area contributed by atoms with E-state index in [1.165, 1.54) is 16.7 Å². The van der Waals surface area contributed by atoms with E-state index in [4.69, 9.17) is 12.2 Å². The Morgan fingerprint density at radius 3 is 2.69 bits per heavy atom. The van der Waals surface area contributed by atoms with E-state index in [-0.39, 0.29) is 36.0 Å². The number of anilines is 1. The molecule has 3 rings (SSSR count).